The molecular weight excluding hydrogens is 650 g/mol. The average Bonchev–Trinajstić information content (AvgIpc) is 3.53. The van der Waals surface area contributed by atoms with E-state index in [9.17, 15) is 24.1 Å². The van der Waals surface area contributed by atoms with Gasteiger partial charge >= 0.3 is 0 Å². The molecule has 47 heavy (non-hydrogen) atoms. The number of likely N-dealkylation sites (tertiary alicyclic amines) is 1. The summed E-state index contributed by atoms with van der Waals surface area (Å²) < 4.78 is 46.3. The summed E-state index contributed by atoms with van der Waals surface area (Å²) in [6.45, 7) is 3.80. The standard InChI is InChI=1S/C35H41ClF2N2O6S/c1-18-11-21(33-31(42)30(41)32(43)35(46-33)47-2)13-20(29(18)36)12-19-3-6-24(7-4-19)45-25-9-10-40(16-25)23-15-28(39)34(44-17-23)26-14-22(37)5-8-27(26)38/h3-8,11,13-14,23,25,28,30-35,41-43H,9-10,12,15-17,39H2,1-2H3/t23-,25-,28+,30-,31-,32+,33+,34-,35-/m1/s1. The highest BCUT2D eigenvalue weighted by molar-refractivity contribution is 7.99. The molecule has 3 aliphatic heterocycles. The lowest BCUT2D eigenvalue weighted by atomic mass is 9.91. The molecule has 3 heterocycles. The van der Waals surface area contributed by atoms with E-state index in [0.717, 1.165) is 53.6 Å². The molecule has 0 radical (unpaired) electrons. The molecule has 3 aliphatic rings. The molecule has 0 bridgehead atoms. The Hall–Kier alpha value is -2.32. The number of ether oxygens (including phenoxy) is 3. The van der Waals surface area contributed by atoms with Crippen LogP contribution in [0.5, 0.6) is 5.75 Å². The van der Waals surface area contributed by atoms with Crippen LogP contribution in [0.4, 0.5) is 8.78 Å². The Kier molecular flexibility index (Phi) is 10.8. The summed E-state index contributed by atoms with van der Waals surface area (Å²) in [5.74, 6) is -0.277. The van der Waals surface area contributed by atoms with Crippen LogP contribution in [0.15, 0.2) is 54.6 Å². The predicted molar refractivity (Wildman–Crippen MR) is 177 cm³/mol. The number of hydrogen-bond donors (Lipinski definition) is 4. The number of benzene rings is 3. The Morgan fingerprint density at radius 2 is 1.79 bits per heavy atom. The minimum absolute atomic E-state index is 0.00913. The highest BCUT2D eigenvalue weighted by atomic mass is 35.5. The van der Waals surface area contributed by atoms with Crippen LogP contribution < -0.4 is 10.5 Å². The van der Waals surface area contributed by atoms with Crippen molar-refractivity contribution in [3.63, 3.8) is 0 Å². The summed E-state index contributed by atoms with van der Waals surface area (Å²) in [4.78, 5) is 2.29. The van der Waals surface area contributed by atoms with Gasteiger partial charge in [0.1, 0.15) is 59.4 Å². The Labute approximate surface area is 282 Å². The van der Waals surface area contributed by atoms with E-state index >= 15 is 0 Å². The summed E-state index contributed by atoms with van der Waals surface area (Å²) in [6, 6.07) is 14.6. The molecule has 3 aromatic rings. The molecule has 12 heteroatoms. The highest BCUT2D eigenvalue weighted by Gasteiger charge is 2.44. The molecule has 0 amide bonds. The number of aryl methyl sites for hydroxylation is 1. The molecule has 0 saturated carbocycles. The molecule has 3 fully saturated rings. The second kappa shape index (κ2) is 14.7. The molecule has 6 rings (SSSR count). The van der Waals surface area contributed by atoms with Gasteiger partial charge in [-0.25, -0.2) is 8.78 Å². The molecule has 9 atom stereocenters. The Morgan fingerprint density at radius 3 is 2.51 bits per heavy atom. The first-order chi connectivity index (χ1) is 22.5. The number of hydrogen-bond acceptors (Lipinski definition) is 9. The molecule has 254 valence electrons. The Balaban J connectivity index is 1.05. The second-order valence-corrected chi connectivity index (χ2v) is 14.1. The van der Waals surface area contributed by atoms with E-state index in [1.54, 1.807) is 6.26 Å². The number of rotatable bonds is 8. The van der Waals surface area contributed by atoms with E-state index in [0.29, 0.717) is 36.6 Å². The van der Waals surface area contributed by atoms with Crippen molar-refractivity contribution in [3.05, 3.63) is 99.1 Å². The lowest BCUT2D eigenvalue weighted by Crippen LogP contribution is -2.52. The van der Waals surface area contributed by atoms with Gasteiger partial charge in [-0.05, 0) is 85.0 Å². The highest BCUT2D eigenvalue weighted by Crippen LogP contribution is 2.38. The SMILES string of the molecule is CS[C@H]1O[C@@H](c2cc(C)c(Cl)c(Cc3ccc(O[C@@H]4CCN([C@H]5CO[C@H](c6cc(F)ccc6F)[C@@H](N)C5)C4)cc3)c2)[C@H](O)[C@@H](O)[C@@H]1O. The largest absolute Gasteiger partial charge is 0.489 e. The van der Waals surface area contributed by atoms with Crippen molar-refractivity contribution >= 4 is 23.4 Å². The van der Waals surface area contributed by atoms with Crippen molar-refractivity contribution in [1.82, 2.24) is 4.90 Å². The summed E-state index contributed by atoms with van der Waals surface area (Å²) >= 11 is 7.98. The summed E-state index contributed by atoms with van der Waals surface area (Å²) in [5.41, 5.74) is 9.26. The van der Waals surface area contributed by atoms with Gasteiger partial charge in [-0.2, -0.15) is 0 Å². The van der Waals surface area contributed by atoms with E-state index in [1.807, 2.05) is 43.3 Å². The quantitative estimate of drug-likeness (QED) is 0.268. The fraction of sp³-hybridized carbons (Fsp3) is 0.486. The zero-order valence-electron chi connectivity index (χ0n) is 26.3. The average molecular weight is 691 g/mol. The monoisotopic (exact) mass is 690 g/mol. The fourth-order valence-electron chi connectivity index (χ4n) is 6.92. The van der Waals surface area contributed by atoms with Gasteiger partial charge in [-0.1, -0.05) is 35.9 Å². The predicted octanol–water partition coefficient (Wildman–Crippen LogP) is 4.67. The van der Waals surface area contributed by atoms with E-state index < -0.39 is 53.6 Å². The van der Waals surface area contributed by atoms with Crippen LogP contribution in [0, 0.1) is 18.6 Å². The third-order valence-electron chi connectivity index (χ3n) is 9.46. The zero-order valence-corrected chi connectivity index (χ0v) is 27.8. The first kappa shape index (κ1) is 34.5. The van der Waals surface area contributed by atoms with Gasteiger partial charge in [0.2, 0.25) is 0 Å². The maximum absolute atomic E-state index is 14.3. The van der Waals surface area contributed by atoms with Crippen LogP contribution >= 0.6 is 23.4 Å². The first-order valence-electron chi connectivity index (χ1n) is 15.9. The van der Waals surface area contributed by atoms with Gasteiger partial charge in [0, 0.05) is 35.8 Å². The maximum atomic E-state index is 14.3. The van der Waals surface area contributed by atoms with Gasteiger partial charge < -0.3 is 35.3 Å². The zero-order chi connectivity index (χ0) is 33.4. The third kappa shape index (κ3) is 7.49. The van der Waals surface area contributed by atoms with Gasteiger partial charge in [0.15, 0.2) is 0 Å². The van der Waals surface area contributed by atoms with Crippen molar-refractivity contribution < 1.29 is 38.3 Å². The van der Waals surface area contributed by atoms with Crippen LogP contribution in [0.2, 0.25) is 5.02 Å². The Morgan fingerprint density at radius 1 is 1.02 bits per heavy atom. The number of nitrogens with two attached hydrogens (primary N) is 1. The lowest BCUT2D eigenvalue weighted by Gasteiger charge is -2.40. The van der Waals surface area contributed by atoms with E-state index in [4.69, 9.17) is 31.5 Å². The van der Waals surface area contributed by atoms with E-state index in [2.05, 4.69) is 4.90 Å². The fourth-order valence-corrected chi connectivity index (χ4v) is 7.76. The summed E-state index contributed by atoms with van der Waals surface area (Å²) in [7, 11) is 0. The Bertz CT molecular complexity index is 1550. The smallest absolute Gasteiger partial charge is 0.132 e. The van der Waals surface area contributed by atoms with Crippen LogP contribution in [0.25, 0.3) is 0 Å². The third-order valence-corrected chi connectivity index (χ3v) is 10.9. The van der Waals surface area contributed by atoms with E-state index in [-0.39, 0.29) is 17.7 Å². The van der Waals surface area contributed by atoms with Gasteiger partial charge in [-0.3, -0.25) is 4.90 Å². The molecule has 5 N–H and O–H groups in total. The van der Waals surface area contributed by atoms with Crippen LogP contribution in [0.1, 0.15) is 52.9 Å². The van der Waals surface area contributed by atoms with Crippen LogP contribution in [-0.4, -0.2) is 88.1 Å². The number of aliphatic hydroxyl groups excluding tert-OH is 3. The number of halogens is 3. The molecule has 8 nitrogen and oxygen atoms in total. The van der Waals surface area contributed by atoms with Gasteiger partial charge in [0.25, 0.3) is 0 Å². The summed E-state index contributed by atoms with van der Waals surface area (Å²) in [6.07, 6.45) is -1.54. The molecule has 0 spiro atoms. The van der Waals surface area contributed by atoms with Crippen molar-refractivity contribution in [1.29, 1.82) is 0 Å². The molecule has 0 unspecified atom stereocenters. The topological polar surface area (TPSA) is 118 Å². The number of nitrogens with zero attached hydrogens (tertiary/aromatic N) is 1. The minimum atomic E-state index is -1.33. The molecule has 3 aromatic carbocycles. The van der Waals surface area contributed by atoms with Crippen molar-refractivity contribution in [3.8, 4) is 5.75 Å². The maximum Gasteiger partial charge on any atom is 0.132 e. The van der Waals surface area contributed by atoms with Gasteiger partial charge in [0.05, 0.1) is 6.61 Å². The molecular formula is C35H41ClF2N2O6S. The van der Waals surface area contributed by atoms with Crippen molar-refractivity contribution in [2.75, 3.05) is 26.0 Å². The van der Waals surface area contributed by atoms with E-state index in [1.165, 1.54) is 11.8 Å². The van der Waals surface area contributed by atoms with Crippen molar-refractivity contribution in [2.45, 2.75) is 80.3 Å². The normalized spacial score (nSPS) is 31.6. The van der Waals surface area contributed by atoms with Gasteiger partial charge in [-0.15, -0.1) is 11.8 Å². The van der Waals surface area contributed by atoms with Crippen molar-refractivity contribution in [2.24, 2.45) is 5.73 Å². The van der Waals surface area contributed by atoms with Crippen LogP contribution in [0.3, 0.4) is 0 Å². The molecule has 0 aromatic heterocycles. The molecule has 0 aliphatic carbocycles. The number of aliphatic hydroxyl groups is 3. The lowest BCUT2D eigenvalue weighted by molar-refractivity contribution is -0.200. The second-order valence-electron chi connectivity index (χ2n) is 12.8. The minimum Gasteiger partial charge on any atom is -0.489 e. The van der Waals surface area contributed by atoms with Crippen LogP contribution in [-0.2, 0) is 15.9 Å². The molecule has 3 saturated heterocycles. The number of thioether (sulfide) groups is 1. The first-order valence-corrected chi connectivity index (χ1v) is 17.5. The summed E-state index contributed by atoms with van der Waals surface area (Å²) in [5, 5.41) is 32.0.